The quantitative estimate of drug-likeness (QED) is 0.721. The highest BCUT2D eigenvalue weighted by Gasteiger charge is 2.07. The molecule has 0 amide bonds. The minimum atomic E-state index is -0.277. The van der Waals surface area contributed by atoms with Crippen molar-refractivity contribution in [2.45, 2.75) is 6.42 Å². The Kier molecular flexibility index (Phi) is 4.08. The highest BCUT2D eigenvalue weighted by molar-refractivity contribution is 5.22. The summed E-state index contributed by atoms with van der Waals surface area (Å²) in [5.74, 6) is 1.01. The van der Waals surface area contributed by atoms with Crippen LogP contribution in [0.25, 0.3) is 0 Å². The number of aromatic amines is 1. The van der Waals surface area contributed by atoms with Gasteiger partial charge in [0.25, 0.3) is 5.56 Å². The van der Waals surface area contributed by atoms with E-state index in [2.05, 4.69) is 20.5 Å². The van der Waals surface area contributed by atoms with Crippen molar-refractivity contribution in [3.63, 3.8) is 0 Å². The molecule has 7 nitrogen and oxygen atoms in total. The predicted octanol–water partition coefficient (Wildman–Crippen LogP) is 0.407. The number of hydrogen-bond acceptors (Lipinski definition) is 6. The third kappa shape index (κ3) is 3.17. The topological polar surface area (TPSA) is 93.0 Å². The van der Waals surface area contributed by atoms with Gasteiger partial charge in [-0.3, -0.25) is 9.78 Å². The Bertz CT molecular complexity index is 535. The van der Waals surface area contributed by atoms with Crippen LogP contribution in [-0.4, -0.2) is 35.4 Å². The first kappa shape index (κ1) is 12.3. The first-order chi connectivity index (χ1) is 8.79. The van der Waals surface area contributed by atoms with E-state index < -0.39 is 0 Å². The lowest BCUT2D eigenvalue weighted by molar-refractivity contribution is 0.210. The van der Waals surface area contributed by atoms with Crippen molar-refractivity contribution in [2.75, 3.05) is 25.6 Å². The fourth-order valence-corrected chi connectivity index (χ4v) is 1.41. The molecule has 2 rings (SSSR count). The summed E-state index contributed by atoms with van der Waals surface area (Å²) in [6.45, 7) is 1.08. The van der Waals surface area contributed by atoms with Gasteiger partial charge in [-0.25, -0.2) is 0 Å². The molecule has 0 bridgehead atoms. The van der Waals surface area contributed by atoms with Crippen LogP contribution in [0.5, 0.6) is 0 Å². The van der Waals surface area contributed by atoms with E-state index in [0.29, 0.717) is 37.0 Å². The van der Waals surface area contributed by atoms with Crippen molar-refractivity contribution in [1.29, 1.82) is 0 Å². The standard InChI is InChI=1S/C11H14N4O3/c1-17-6-4-12-11-13-10(16)9(14-15-11)7-8-3-2-5-18-8/h2-3,5H,4,6-7H2,1H3,(H2,12,13,15,16). The molecule has 0 saturated carbocycles. The summed E-state index contributed by atoms with van der Waals surface area (Å²) in [6.07, 6.45) is 1.88. The van der Waals surface area contributed by atoms with Gasteiger partial charge in [-0.15, -0.1) is 10.2 Å². The number of H-pyrrole nitrogens is 1. The average molecular weight is 250 g/mol. The monoisotopic (exact) mass is 250 g/mol. The van der Waals surface area contributed by atoms with Crippen LogP contribution in [0.2, 0.25) is 0 Å². The first-order valence-corrected chi connectivity index (χ1v) is 5.50. The van der Waals surface area contributed by atoms with Crippen LogP contribution in [0.4, 0.5) is 5.95 Å². The van der Waals surface area contributed by atoms with E-state index in [1.165, 1.54) is 0 Å². The van der Waals surface area contributed by atoms with E-state index in [9.17, 15) is 4.79 Å². The van der Waals surface area contributed by atoms with Crippen LogP contribution in [-0.2, 0) is 11.2 Å². The largest absolute Gasteiger partial charge is 0.469 e. The summed E-state index contributed by atoms with van der Waals surface area (Å²) in [7, 11) is 1.60. The second-order valence-electron chi connectivity index (χ2n) is 3.63. The summed E-state index contributed by atoms with van der Waals surface area (Å²) in [4.78, 5) is 14.3. The third-order valence-corrected chi connectivity index (χ3v) is 2.29. The minimum absolute atomic E-state index is 0.277. The van der Waals surface area contributed by atoms with Crippen molar-refractivity contribution in [3.8, 4) is 0 Å². The minimum Gasteiger partial charge on any atom is -0.469 e. The van der Waals surface area contributed by atoms with Gasteiger partial charge in [-0.05, 0) is 12.1 Å². The highest BCUT2D eigenvalue weighted by Crippen LogP contribution is 2.04. The van der Waals surface area contributed by atoms with Gasteiger partial charge in [0, 0.05) is 13.7 Å². The second kappa shape index (κ2) is 5.97. The smallest absolute Gasteiger partial charge is 0.274 e. The number of ether oxygens (including phenoxy) is 1. The highest BCUT2D eigenvalue weighted by atomic mass is 16.5. The van der Waals surface area contributed by atoms with Gasteiger partial charge in [0.1, 0.15) is 11.5 Å². The molecular formula is C11H14N4O3. The fraction of sp³-hybridized carbons (Fsp3) is 0.364. The summed E-state index contributed by atoms with van der Waals surface area (Å²) in [5, 5.41) is 10.6. The van der Waals surface area contributed by atoms with Crippen molar-refractivity contribution in [1.82, 2.24) is 15.2 Å². The number of nitrogens with zero attached hydrogens (tertiary/aromatic N) is 2. The maximum absolute atomic E-state index is 11.7. The number of methoxy groups -OCH3 is 1. The number of rotatable bonds is 6. The van der Waals surface area contributed by atoms with Gasteiger partial charge in [-0.1, -0.05) is 0 Å². The lowest BCUT2D eigenvalue weighted by Crippen LogP contribution is -2.21. The maximum Gasteiger partial charge on any atom is 0.274 e. The molecule has 0 aliphatic rings. The van der Waals surface area contributed by atoms with Gasteiger partial charge in [0.15, 0.2) is 0 Å². The molecule has 2 heterocycles. The summed E-state index contributed by atoms with van der Waals surface area (Å²) in [5.41, 5.74) is 0.0450. The molecule has 0 spiro atoms. The van der Waals surface area contributed by atoms with Gasteiger partial charge in [0.05, 0.1) is 19.3 Å². The number of nitrogens with one attached hydrogen (secondary N) is 2. The Hall–Kier alpha value is -2.15. The summed E-state index contributed by atoms with van der Waals surface area (Å²) >= 11 is 0. The number of furan rings is 1. The van der Waals surface area contributed by atoms with Gasteiger partial charge in [-0.2, -0.15) is 0 Å². The molecule has 96 valence electrons. The zero-order chi connectivity index (χ0) is 12.8. The molecule has 2 aromatic rings. The van der Waals surface area contributed by atoms with E-state index in [1.54, 1.807) is 25.5 Å². The van der Waals surface area contributed by atoms with E-state index in [-0.39, 0.29) is 5.56 Å². The summed E-state index contributed by atoms with van der Waals surface area (Å²) < 4.78 is 10.0. The van der Waals surface area contributed by atoms with Gasteiger partial charge >= 0.3 is 0 Å². The fourth-order valence-electron chi connectivity index (χ4n) is 1.41. The molecule has 0 unspecified atom stereocenters. The van der Waals surface area contributed by atoms with E-state index >= 15 is 0 Å². The molecule has 0 atom stereocenters. The van der Waals surface area contributed by atoms with Crippen molar-refractivity contribution in [2.24, 2.45) is 0 Å². The number of anilines is 1. The third-order valence-electron chi connectivity index (χ3n) is 2.29. The SMILES string of the molecule is COCCNc1nnc(Cc2ccco2)c(=O)[nH]1. The molecule has 0 aliphatic heterocycles. The van der Waals surface area contributed by atoms with Crippen molar-refractivity contribution >= 4 is 5.95 Å². The first-order valence-electron chi connectivity index (χ1n) is 5.50. The second-order valence-corrected chi connectivity index (χ2v) is 3.63. The predicted molar refractivity (Wildman–Crippen MR) is 64.5 cm³/mol. The summed E-state index contributed by atoms with van der Waals surface area (Å²) in [6, 6.07) is 3.55. The van der Waals surface area contributed by atoms with E-state index in [1.807, 2.05) is 0 Å². The normalized spacial score (nSPS) is 10.5. The molecule has 2 N–H and O–H groups in total. The van der Waals surface area contributed by atoms with Gasteiger partial charge < -0.3 is 14.5 Å². The van der Waals surface area contributed by atoms with Crippen LogP contribution in [0, 0.1) is 0 Å². The number of aromatic nitrogens is 3. The van der Waals surface area contributed by atoms with Crippen molar-refractivity contribution < 1.29 is 9.15 Å². The Labute approximate surface area is 103 Å². The van der Waals surface area contributed by atoms with Crippen LogP contribution in [0.3, 0.4) is 0 Å². The Morgan fingerprint density at radius 3 is 3.06 bits per heavy atom. The lowest BCUT2D eigenvalue weighted by Gasteiger charge is -2.03. The van der Waals surface area contributed by atoms with Crippen LogP contribution >= 0.6 is 0 Å². The molecule has 0 saturated heterocycles. The molecule has 0 aliphatic carbocycles. The van der Waals surface area contributed by atoms with E-state index in [4.69, 9.17) is 9.15 Å². The Balaban J connectivity index is 2.03. The molecular weight excluding hydrogens is 236 g/mol. The maximum atomic E-state index is 11.7. The Morgan fingerprint density at radius 2 is 2.39 bits per heavy atom. The average Bonchev–Trinajstić information content (AvgIpc) is 2.86. The van der Waals surface area contributed by atoms with Gasteiger partial charge in [0.2, 0.25) is 5.95 Å². The lowest BCUT2D eigenvalue weighted by atomic mass is 10.2. The zero-order valence-electron chi connectivity index (χ0n) is 9.97. The molecule has 0 fully saturated rings. The zero-order valence-corrected chi connectivity index (χ0v) is 9.97. The molecule has 0 radical (unpaired) electrons. The van der Waals surface area contributed by atoms with Crippen LogP contribution < -0.4 is 10.9 Å². The molecule has 7 heteroatoms. The number of hydrogen-bond donors (Lipinski definition) is 2. The molecule has 0 aromatic carbocycles. The molecule has 2 aromatic heterocycles. The van der Waals surface area contributed by atoms with Crippen LogP contribution in [0.1, 0.15) is 11.5 Å². The van der Waals surface area contributed by atoms with Crippen LogP contribution in [0.15, 0.2) is 27.6 Å². The Morgan fingerprint density at radius 1 is 1.50 bits per heavy atom. The van der Waals surface area contributed by atoms with E-state index in [0.717, 1.165) is 0 Å². The molecule has 18 heavy (non-hydrogen) atoms. The van der Waals surface area contributed by atoms with Crippen molar-refractivity contribution in [3.05, 3.63) is 40.2 Å².